The highest BCUT2D eigenvalue weighted by molar-refractivity contribution is 7.80. The summed E-state index contributed by atoms with van der Waals surface area (Å²) in [5.74, 6) is 3.31. The molecule has 1 aliphatic heterocycles. The van der Waals surface area contributed by atoms with E-state index in [-0.39, 0.29) is 0 Å². The molecule has 4 heteroatoms. The first kappa shape index (κ1) is 16.5. The lowest BCUT2D eigenvalue weighted by Crippen LogP contribution is -2.48. The summed E-state index contributed by atoms with van der Waals surface area (Å²) in [6.07, 6.45) is 0. The summed E-state index contributed by atoms with van der Waals surface area (Å²) in [5, 5.41) is 0. The van der Waals surface area contributed by atoms with E-state index in [2.05, 4.69) is 48.4 Å². The molecule has 1 aromatic carbocycles. The Kier molecular flexibility index (Phi) is 6.24. The molecule has 0 amide bonds. The van der Waals surface area contributed by atoms with E-state index in [1.165, 1.54) is 12.2 Å². The van der Waals surface area contributed by atoms with Crippen molar-refractivity contribution in [1.82, 2.24) is 4.90 Å². The van der Waals surface area contributed by atoms with Crippen LogP contribution < -0.4 is 9.64 Å². The van der Waals surface area contributed by atoms with Crippen molar-refractivity contribution in [3.05, 3.63) is 24.3 Å². The van der Waals surface area contributed by atoms with Gasteiger partial charge in [-0.1, -0.05) is 13.8 Å². The van der Waals surface area contributed by atoms with E-state index in [4.69, 9.17) is 4.74 Å². The summed E-state index contributed by atoms with van der Waals surface area (Å²) in [6, 6.07) is 8.38. The predicted octanol–water partition coefficient (Wildman–Crippen LogP) is 3.02. The highest BCUT2D eigenvalue weighted by Crippen LogP contribution is 2.21. The van der Waals surface area contributed by atoms with Crippen molar-refractivity contribution < 1.29 is 4.74 Å². The Balaban J connectivity index is 1.84. The first-order valence-corrected chi connectivity index (χ1v) is 8.49. The Bertz CT molecular complexity index is 413. The first-order valence-electron chi connectivity index (χ1n) is 7.86. The van der Waals surface area contributed by atoms with Gasteiger partial charge in [0.15, 0.2) is 0 Å². The summed E-state index contributed by atoms with van der Waals surface area (Å²) in [4.78, 5) is 5.04. The second-order valence-corrected chi connectivity index (χ2v) is 6.54. The summed E-state index contributed by atoms with van der Waals surface area (Å²) < 4.78 is 5.22. The van der Waals surface area contributed by atoms with Crippen LogP contribution in [0.4, 0.5) is 5.69 Å². The highest BCUT2D eigenvalue weighted by Gasteiger charge is 2.21. The molecule has 2 rings (SSSR count). The number of hydrogen-bond donors (Lipinski definition) is 1. The molecule has 0 saturated carbocycles. The summed E-state index contributed by atoms with van der Waals surface area (Å²) in [7, 11) is 1.71. The molecular formula is C17H28N2OS. The van der Waals surface area contributed by atoms with Crippen molar-refractivity contribution in [1.29, 1.82) is 0 Å². The minimum absolute atomic E-state index is 0.695. The standard InChI is InChI=1S/C17H28N2OS/c1-14(2)15(13-21)12-18-8-10-19(11-9-18)16-4-6-17(20-3)7-5-16/h4-7,14-15,21H,8-13H2,1-3H3. The van der Waals surface area contributed by atoms with Gasteiger partial charge in [-0.15, -0.1) is 0 Å². The fourth-order valence-corrected chi connectivity index (χ4v) is 3.33. The number of anilines is 1. The quantitative estimate of drug-likeness (QED) is 0.814. The molecule has 1 saturated heterocycles. The lowest BCUT2D eigenvalue weighted by molar-refractivity contribution is 0.204. The number of ether oxygens (including phenoxy) is 1. The van der Waals surface area contributed by atoms with Crippen LogP contribution in [-0.2, 0) is 0 Å². The molecule has 0 aromatic heterocycles. The largest absolute Gasteiger partial charge is 0.497 e. The Morgan fingerprint density at radius 3 is 2.19 bits per heavy atom. The molecule has 1 fully saturated rings. The molecule has 1 heterocycles. The van der Waals surface area contributed by atoms with E-state index in [9.17, 15) is 0 Å². The average Bonchev–Trinajstić information content (AvgIpc) is 2.53. The highest BCUT2D eigenvalue weighted by atomic mass is 32.1. The molecule has 0 N–H and O–H groups in total. The number of rotatable bonds is 6. The number of methoxy groups -OCH3 is 1. The maximum atomic E-state index is 5.22. The lowest BCUT2D eigenvalue weighted by Gasteiger charge is -2.38. The number of piperazine rings is 1. The second-order valence-electron chi connectivity index (χ2n) is 6.17. The van der Waals surface area contributed by atoms with E-state index in [0.29, 0.717) is 11.8 Å². The molecule has 0 aliphatic carbocycles. The Hall–Kier alpha value is -0.870. The Morgan fingerprint density at radius 1 is 1.10 bits per heavy atom. The summed E-state index contributed by atoms with van der Waals surface area (Å²) in [5.41, 5.74) is 1.30. The van der Waals surface area contributed by atoms with Crippen LogP contribution in [0.15, 0.2) is 24.3 Å². The van der Waals surface area contributed by atoms with Gasteiger partial charge in [0.25, 0.3) is 0 Å². The molecule has 0 spiro atoms. The molecule has 0 radical (unpaired) electrons. The van der Waals surface area contributed by atoms with E-state index in [1.807, 2.05) is 12.1 Å². The van der Waals surface area contributed by atoms with Crippen LogP contribution in [0.1, 0.15) is 13.8 Å². The smallest absolute Gasteiger partial charge is 0.119 e. The van der Waals surface area contributed by atoms with E-state index in [0.717, 1.165) is 37.7 Å². The zero-order chi connectivity index (χ0) is 15.2. The SMILES string of the molecule is COc1ccc(N2CCN(CC(CS)C(C)C)CC2)cc1. The van der Waals surface area contributed by atoms with Crippen molar-refractivity contribution in [2.75, 3.05) is 50.5 Å². The topological polar surface area (TPSA) is 15.7 Å². The van der Waals surface area contributed by atoms with Gasteiger partial charge >= 0.3 is 0 Å². The number of hydrogen-bond acceptors (Lipinski definition) is 4. The monoisotopic (exact) mass is 308 g/mol. The fourth-order valence-electron chi connectivity index (χ4n) is 2.79. The summed E-state index contributed by atoms with van der Waals surface area (Å²) >= 11 is 4.50. The zero-order valence-corrected chi connectivity index (χ0v) is 14.4. The molecule has 1 aliphatic rings. The van der Waals surface area contributed by atoms with Gasteiger partial charge in [-0.05, 0) is 41.9 Å². The molecule has 21 heavy (non-hydrogen) atoms. The van der Waals surface area contributed by atoms with Gasteiger partial charge in [0.2, 0.25) is 0 Å². The van der Waals surface area contributed by atoms with Crippen molar-refractivity contribution >= 4 is 18.3 Å². The molecule has 1 atom stereocenters. The van der Waals surface area contributed by atoms with Crippen molar-refractivity contribution in [3.63, 3.8) is 0 Å². The number of nitrogens with zero attached hydrogens (tertiary/aromatic N) is 2. The number of benzene rings is 1. The van der Waals surface area contributed by atoms with Gasteiger partial charge in [-0.3, -0.25) is 4.90 Å². The fraction of sp³-hybridized carbons (Fsp3) is 0.647. The van der Waals surface area contributed by atoms with Gasteiger partial charge in [0.1, 0.15) is 5.75 Å². The van der Waals surface area contributed by atoms with Crippen molar-refractivity contribution in [3.8, 4) is 5.75 Å². The third kappa shape index (κ3) is 4.55. The normalized spacial score (nSPS) is 18.0. The third-order valence-electron chi connectivity index (χ3n) is 4.48. The maximum Gasteiger partial charge on any atom is 0.119 e. The molecule has 1 unspecified atom stereocenters. The van der Waals surface area contributed by atoms with Gasteiger partial charge < -0.3 is 9.64 Å². The van der Waals surface area contributed by atoms with Crippen LogP contribution in [0.3, 0.4) is 0 Å². The van der Waals surface area contributed by atoms with E-state index < -0.39 is 0 Å². The summed E-state index contributed by atoms with van der Waals surface area (Å²) in [6.45, 7) is 10.3. The Morgan fingerprint density at radius 2 is 1.71 bits per heavy atom. The van der Waals surface area contributed by atoms with Gasteiger partial charge in [0.05, 0.1) is 7.11 Å². The maximum absolute atomic E-state index is 5.22. The van der Waals surface area contributed by atoms with E-state index in [1.54, 1.807) is 7.11 Å². The van der Waals surface area contributed by atoms with E-state index >= 15 is 0 Å². The second kappa shape index (κ2) is 7.95. The molecular weight excluding hydrogens is 280 g/mol. The van der Waals surface area contributed by atoms with Crippen LogP contribution in [-0.4, -0.2) is 50.5 Å². The number of thiol groups is 1. The zero-order valence-electron chi connectivity index (χ0n) is 13.5. The molecule has 118 valence electrons. The molecule has 0 bridgehead atoms. The van der Waals surface area contributed by atoms with Crippen LogP contribution in [0.5, 0.6) is 5.75 Å². The first-order chi connectivity index (χ1) is 10.1. The third-order valence-corrected chi connectivity index (χ3v) is 4.95. The van der Waals surface area contributed by atoms with Crippen LogP contribution in [0.2, 0.25) is 0 Å². The minimum Gasteiger partial charge on any atom is -0.497 e. The molecule has 3 nitrogen and oxygen atoms in total. The minimum atomic E-state index is 0.695. The van der Waals surface area contributed by atoms with Crippen molar-refractivity contribution in [2.24, 2.45) is 11.8 Å². The average molecular weight is 308 g/mol. The molecule has 1 aromatic rings. The van der Waals surface area contributed by atoms with Crippen LogP contribution >= 0.6 is 12.6 Å². The van der Waals surface area contributed by atoms with Crippen LogP contribution in [0.25, 0.3) is 0 Å². The van der Waals surface area contributed by atoms with Gasteiger partial charge in [-0.25, -0.2) is 0 Å². The predicted molar refractivity (Wildman–Crippen MR) is 93.8 cm³/mol. The van der Waals surface area contributed by atoms with Gasteiger partial charge in [0, 0.05) is 38.4 Å². The van der Waals surface area contributed by atoms with Crippen LogP contribution in [0, 0.1) is 11.8 Å². The Labute approximate surface area is 134 Å². The lowest BCUT2D eigenvalue weighted by atomic mass is 9.97. The van der Waals surface area contributed by atoms with Gasteiger partial charge in [-0.2, -0.15) is 12.6 Å². The van der Waals surface area contributed by atoms with Crippen molar-refractivity contribution in [2.45, 2.75) is 13.8 Å².